The van der Waals surface area contributed by atoms with Crippen LogP contribution in [0.5, 0.6) is 5.75 Å². The van der Waals surface area contributed by atoms with E-state index in [-0.39, 0.29) is 17.9 Å². The predicted octanol–water partition coefficient (Wildman–Crippen LogP) is 2.02. The minimum atomic E-state index is -1.03. The van der Waals surface area contributed by atoms with Gasteiger partial charge in [-0.05, 0) is 6.92 Å². The number of ether oxygens (including phenoxy) is 1. The van der Waals surface area contributed by atoms with Gasteiger partial charge in [-0.3, -0.25) is 14.9 Å². The number of methoxy groups -OCH3 is 1. The van der Waals surface area contributed by atoms with E-state index in [2.05, 4.69) is 5.32 Å². The normalized spacial score (nSPS) is 11.7. The average molecular weight is 272 g/mol. The van der Waals surface area contributed by atoms with Crippen LogP contribution in [-0.2, 0) is 4.79 Å². The zero-order chi connectivity index (χ0) is 14.6. The number of carboxylic acid groups (broad SMARTS) is 1. The summed E-state index contributed by atoms with van der Waals surface area (Å²) in [6, 6.07) is 1.33. The summed E-state index contributed by atoms with van der Waals surface area (Å²) in [6.45, 7) is 1.56. The molecule has 7 nitrogen and oxygen atoms in total. The third-order valence-electron chi connectivity index (χ3n) is 2.35. The summed E-state index contributed by atoms with van der Waals surface area (Å²) in [5.74, 6) is -1.98. The Kier molecular flexibility index (Phi) is 4.62. The quantitative estimate of drug-likeness (QED) is 0.606. The van der Waals surface area contributed by atoms with Crippen molar-refractivity contribution in [2.24, 2.45) is 0 Å². The van der Waals surface area contributed by atoms with Crippen LogP contribution >= 0.6 is 0 Å². The van der Waals surface area contributed by atoms with Crippen LogP contribution in [0.4, 0.5) is 15.8 Å². The highest BCUT2D eigenvalue weighted by Gasteiger charge is 2.20. The summed E-state index contributed by atoms with van der Waals surface area (Å²) < 4.78 is 18.5. The first-order valence-electron chi connectivity index (χ1n) is 5.35. The molecule has 0 aliphatic rings. The lowest BCUT2D eigenvalue weighted by Crippen LogP contribution is -2.20. The topological polar surface area (TPSA) is 102 Å². The lowest BCUT2D eigenvalue weighted by molar-refractivity contribution is -0.385. The van der Waals surface area contributed by atoms with Crippen molar-refractivity contribution in [1.29, 1.82) is 0 Å². The minimum absolute atomic E-state index is 0.0452. The maximum absolute atomic E-state index is 13.7. The van der Waals surface area contributed by atoms with Crippen molar-refractivity contribution in [2.75, 3.05) is 12.4 Å². The molecule has 0 aliphatic heterocycles. The smallest absolute Gasteiger partial charge is 0.313 e. The Morgan fingerprint density at radius 1 is 1.63 bits per heavy atom. The molecule has 104 valence electrons. The fourth-order valence-electron chi connectivity index (χ4n) is 1.54. The third kappa shape index (κ3) is 3.80. The van der Waals surface area contributed by atoms with Crippen molar-refractivity contribution >= 4 is 17.3 Å². The highest BCUT2D eigenvalue weighted by atomic mass is 19.1. The second kappa shape index (κ2) is 5.98. The molecule has 1 atom stereocenters. The van der Waals surface area contributed by atoms with E-state index >= 15 is 0 Å². The second-order valence-corrected chi connectivity index (χ2v) is 3.90. The van der Waals surface area contributed by atoms with Crippen molar-refractivity contribution in [2.45, 2.75) is 19.4 Å². The maximum atomic E-state index is 13.7. The Hall–Kier alpha value is -2.38. The molecule has 0 amide bonds. The fraction of sp³-hybridized carbons (Fsp3) is 0.364. The Morgan fingerprint density at radius 2 is 2.26 bits per heavy atom. The molecule has 0 heterocycles. The van der Waals surface area contributed by atoms with Crippen LogP contribution in [0, 0.1) is 15.9 Å². The Labute approximate surface area is 108 Å². The molecule has 0 saturated heterocycles. The summed E-state index contributed by atoms with van der Waals surface area (Å²) in [6.07, 6.45) is -0.210. The summed E-state index contributed by atoms with van der Waals surface area (Å²) >= 11 is 0. The molecule has 1 unspecified atom stereocenters. The molecule has 0 radical (unpaired) electrons. The number of hydrogen-bond donors (Lipinski definition) is 2. The summed E-state index contributed by atoms with van der Waals surface area (Å²) in [7, 11) is 1.23. The van der Waals surface area contributed by atoms with Crippen LogP contribution in [0.15, 0.2) is 12.1 Å². The van der Waals surface area contributed by atoms with Crippen molar-refractivity contribution in [3.8, 4) is 5.75 Å². The Morgan fingerprint density at radius 3 is 2.74 bits per heavy atom. The minimum Gasteiger partial charge on any atom is -0.490 e. The predicted molar refractivity (Wildman–Crippen MR) is 64.9 cm³/mol. The van der Waals surface area contributed by atoms with Crippen molar-refractivity contribution in [3.05, 3.63) is 28.1 Å². The first-order chi connectivity index (χ1) is 8.85. The monoisotopic (exact) mass is 272 g/mol. The highest BCUT2D eigenvalue weighted by Crippen LogP contribution is 2.32. The van der Waals surface area contributed by atoms with Crippen molar-refractivity contribution in [1.82, 2.24) is 0 Å². The molecule has 8 heteroatoms. The fourth-order valence-corrected chi connectivity index (χ4v) is 1.54. The summed E-state index contributed by atoms with van der Waals surface area (Å²) in [5, 5.41) is 21.9. The molecule has 1 aromatic rings. The third-order valence-corrected chi connectivity index (χ3v) is 2.35. The van der Waals surface area contributed by atoms with Gasteiger partial charge in [-0.1, -0.05) is 0 Å². The van der Waals surface area contributed by atoms with Crippen LogP contribution in [-0.4, -0.2) is 29.2 Å². The highest BCUT2D eigenvalue weighted by molar-refractivity contribution is 5.68. The molecule has 0 bridgehead atoms. The molecule has 2 N–H and O–H groups in total. The van der Waals surface area contributed by atoms with Crippen LogP contribution in [0.1, 0.15) is 13.3 Å². The van der Waals surface area contributed by atoms with E-state index in [4.69, 9.17) is 9.84 Å². The van der Waals surface area contributed by atoms with E-state index in [0.717, 1.165) is 12.1 Å². The van der Waals surface area contributed by atoms with E-state index in [1.54, 1.807) is 6.92 Å². The number of benzene rings is 1. The zero-order valence-corrected chi connectivity index (χ0v) is 10.3. The van der Waals surface area contributed by atoms with Crippen molar-refractivity contribution < 1.29 is 24.0 Å². The number of carbonyl (C=O) groups is 1. The van der Waals surface area contributed by atoms with E-state index in [1.165, 1.54) is 7.11 Å². The van der Waals surface area contributed by atoms with Crippen LogP contribution in [0.3, 0.4) is 0 Å². The number of halogens is 1. The number of anilines is 1. The largest absolute Gasteiger partial charge is 0.490 e. The Balaban J connectivity index is 3.02. The molecule has 0 fully saturated rings. The molecule has 0 aliphatic carbocycles. The molecule has 0 saturated carbocycles. The molecule has 0 aromatic heterocycles. The maximum Gasteiger partial charge on any atom is 0.313 e. The average Bonchev–Trinajstić information content (AvgIpc) is 2.29. The van der Waals surface area contributed by atoms with E-state index in [9.17, 15) is 19.3 Å². The van der Waals surface area contributed by atoms with Crippen LogP contribution < -0.4 is 10.1 Å². The van der Waals surface area contributed by atoms with Gasteiger partial charge < -0.3 is 15.2 Å². The summed E-state index contributed by atoms with van der Waals surface area (Å²) in [4.78, 5) is 20.4. The first kappa shape index (κ1) is 14.7. The van der Waals surface area contributed by atoms with Gasteiger partial charge in [-0.15, -0.1) is 0 Å². The van der Waals surface area contributed by atoms with Gasteiger partial charge >= 0.3 is 11.7 Å². The lowest BCUT2D eigenvalue weighted by Gasteiger charge is -2.14. The van der Waals surface area contributed by atoms with Crippen LogP contribution in [0.25, 0.3) is 0 Å². The van der Waals surface area contributed by atoms with Gasteiger partial charge in [-0.2, -0.15) is 0 Å². The van der Waals surface area contributed by atoms with Gasteiger partial charge in [-0.25, -0.2) is 4.39 Å². The number of nitro groups is 1. The van der Waals surface area contributed by atoms with E-state index in [1.807, 2.05) is 0 Å². The number of nitro benzene ring substituents is 1. The van der Waals surface area contributed by atoms with E-state index in [0.29, 0.717) is 0 Å². The standard InChI is InChI=1S/C11H13FN2O5/c1-6(3-11(15)16)13-8-5-10(19-2)9(14(17)18)4-7(8)12/h4-6,13H,3H2,1-2H3,(H,15,16). The van der Waals surface area contributed by atoms with Gasteiger partial charge in [0.2, 0.25) is 0 Å². The number of hydrogen-bond acceptors (Lipinski definition) is 5. The molecular weight excluding hydrogens is 259 g/mol. The number of nitrogens with one attached hydrogen (secondary N) is 1. The van der Waals surface area contributed by atoms with Crippen LogP contribution in [0.2, 0.25) is 0 Å². The van der Waals surface area contributed by atoms with Crippen molar-refractivity contribution in [3.63, 3.8) is 0 Å². The molecular formula is C11H13FN2O5. The number of nitrogens with zero attached hydrogens (tertiary/aromatic N) is 1. The number of rotatable bonds is 6. The van der Waals surface area contributed by atoms with Gasteiger partial charge in [0.25, 0.3) is 0 Å². The van der Waals surface area contributed by atoms with Gasteiger partial charge in [0.05, 0.1) is 30.2 Å². The first-order valence-corrected chi connectivity index (χ1v) is 5.35. The lowest BCUT2D eigenvalue weighted by atomic mass is 10.2. The van der Waals surface area contributed by atoms with Gasteiger partial charge in [0, 0.05) is 12.1 Å². The Bertz CT molecular complexity index is 506. The summed E-state index contributed by atoms with van der Waals surface area (Å²) in [5.41, 5.74) is -0.535. The van der Waals surface area contributed by atoms with Gasteiger partial charge in [0.15, 0.2) is 11.6 Å². The van der Waals surface area contributed by atoms with E-state index < -0.39 is 28.4 Å². The SMILES string of the molecule is COc1cc(NC(C)CC(=O)O)c(F)cc1[N+](=O)[O-]. The second-order valence-electron chi connectivity index (χ2n) is 3.90. The number of carboxylic acids is 1. The molecule has 1 rings (SSSR count). The zero-order valence-electron chi connectivity index (χ0n) is 10.3. The molecule has 0 spiro atoms. The number of aliphatic carboxylic acids is 1. The molecule has 1 aromatic carbocycles. The van der Waals surface area contributed by atoms with Gasteiger partial charge in [0.1, 0.15) is 0 Å². The molecule has 19 heavy (non-hydrogen) atoms.